The van der Waals surface area contributed by atoms with Crippen LogP contribution in [-0.4, -0.2) is 9.13 Å². The molecule has 1 atom stereocenters. The smallest absolute Gasteiger partial charge is 0.0543 e. The summed E-state index contributed by atoms with van der Waals surface area (Å²) in [5.74, 6) is 0.358. The topological polar surface area (TPSA) is 9.86 Å². The van der Waals surface area contributed by atoms with Crippen molar-refractivity contribution in [1.82, 2.24) is 9.13 Å². The maximum atomic E-state index is 2.50. The second kappa shape index (κ2) is 12.1. The predicted molar refractivity (Wildman–Crippen MR) is 221 cm³/mol. The largest absolute Gasteiger partial charge is 0.313 e. The second-order valence-electron chi connectivity index (χ2n) is 14.4. The van der Waals surface area contributed by atoms with Gasteiger partial charge in [0.25, 0.3) is 0 Å². The molecule has 0 bridgehead atoms. The summed E-state index contributed by atoms with van der Waals surface area (Å²) in [4.78, 5) is 0. The van der Waals surface area contributed by atoms with Crippen molar-refractivity contribution in [1.29, 1.82) is 0 Å². The molecular weight excluding hydrogens is 629 g/mol. The Morgan fingerprint density at radius 2 is 1.02 bits per heavy atom. The molecule has 0 spiro atoms. The molecule has 2 heteroatoms. The molecule has 1 unspecified atom stereocenters. The number of fused-ring (bicyclic) bond motifs is 6. The molecule has 2 nitrogen and oxygen atoms in total. The van der Waals surface area contributed by atoms with Crippen molar-refractivity contribution >= 4 is 49.3 Å². The van der Waals surface area contributed by atoms with Gasteiger partial charge in [0, 0.05) is 38.8 Å². The SMILES string of the molecule is Cc1ccc2c3cc(-c4ccc5c(c4)c4ccc(C)cc4n5-c4cccc(-c5ccccc5)c4)ccc3n(C3=CC=CC(c4ccccc4)C3)c2c1. The first-order chi connectivity index (χ1) is 25.6. The van der Waals surface area contributed by atoms with E-state index in [-0.39, 0.29) is 0 Å². The summed E-state index contributed by atoms with van der Waals surface area (Å²) < 4.78 is 4.94. The van der Waals surface area contributed by atoms with Crippen LogP contribution in [0, 0.1) is 13.8 Å². The van der Waals surface area contributed by atoms with Crippen molar-refractivity contribution in [3.8, 4) is 27.9 Å². The summed E-state index contributed by atoms with van der Waals surface area (Å²) in [5.41, 5.74) is 16.3. The van der Waals surface area contributed by atoms with Gasteiger partial charge in [-0.2, -0.15) is 0 Å². The van der Waals surface area contributed by atoms with Gasteiger partial charge in [0.05, 0.1) is 22.1 Å². The van der Waals surface area contributed by atoms with Gasteiger partial charge in [0.1, 0.15) is 0 Å². The number of rotatable bonds is 5. The van der Waals surface area contributed by atoms with E-state index in [9.17, 15) is 0 Å². The lowest BCUT2D eigenvalue weighted by Crippen LogP contribution is -2.06. The van der Waals surface area contributed by atoms with Crippen molar-refractivity contribution in [2.24, 2.45) is 0 Å². The summed E-state index contributed by atoms with van der Waals surface area (Å²) in [5, 5.41) is 5.11. The summed E-state index contributed by atoms with van der Waals surface area (Å²) in [6.45, 7) is 4.38. The molecule has 10 rings (SSSR count). The number of aryl methyl sites for hydroxylation is 2. The first-order valence-corrected chi connectivity index (χ1v) is 18.3. The normalized spacial score (nSPS) is 14.5. The lowest BCUT2D eigenvalue weighted by Gasteiger charge is -2.21. The highest BCUT2D eigenvalue weighted by molar-refractivity contribution is 6.13. The highest BCUT2D eigenvalue weighted by Crippen LogP contribution is 2.41. The molecular formula is C50H38N2. The monoisotopic (exact) mass is 666 g/mol. The zero-order valence-corrected chi connectivity index (χ0v) is 29.4. The first-order valence-electron chi connectivity index (χ1n) is 18.3. The highest BCUT2D eigenvalue weighted by atomic mass is 15.0. The molecule has 248 valence electrons. The van der Waals surface area contributed by atoms with Crippen LogP contribution in [0.2, 0.25) is 0 Å². The number of allylic oxidation sites excluding steroid dienone is 4. The van der Waals surface area contributed by atoms with Crippen LogP contribution in [0.1, 0.15) is 29.0 Å². The van der Waals surface area contributed by atoms with Crippen LogP contribution in [0.3, 0.4) is 0 Å². The summed E-state index contributed by atoms with van der Waals surface area (Å²) >= 11 is 0. The van der Waals surface area contributed by atoms with Gasteiger partial charge in [0.2, 0.25) is 0 Å². The van der Waals surface area contributed by atoms with Crippen LogP contribution in [0.5, 0.6) is 0 Å². The van der Waals surface area contributed by atoms with Crippen LogP contribution in [0.25, 0.3) is 77.2 Å². The highest BCUT2D eigenvalue weighted by Gasteiger charge is 2.20. The fourth-order valence-corrected chi connectivity index (χ4v) is 8.42. The maximum Gasteiger partial charge on any atom is 0.0543 e. The van der Waals surface area contributed by atoms with Gasteiger partial charge in [-0.05, 0) is 114 Å². The Morgan fingerprint density at radius 1 is 0.442 bits per heavy atom. The molecule has 1 aliphatic rings. The average molecular weight is 667 g/mol. The summed E-state index contributed by atoms with van der Waals surface area (Å²) in [6.07, 6.45) is 7.84. The van der Waals surface area contributed by atoms with Crippen molar-refractivity contribution in [2.75, 3.05) is 0 Å². The molecule has 0 aliphatic heterocycles. The van der Waals surface area contributed by atoms with Gasteiger partial charge in [-0.25, -0.2) is 0 Å². The van der Waals surface area contributed by atoms with Gasteiger partial charge >= 0.3 is 0 Å². The fourth-order valence-electron chi connectivity index (χ4n) is 8.42. The third-order valence-electron chi connectivity index (χ3n) is 11.0. The predicted octanol–water partition coefficient (Wildman–Crippen LogP) is 13.4. The molecule has 7 aromatic carbocycles. The molecule has 2 heterocycles. The Bertz CT molecular complexity index is 2880. The van der Waals surface area contributed by atoms with Gasteiger partial charge in [-0.3, -0.25) is 0 Å². The Kier molecular flexibility index (Phi) is 7.11. The Labute approximate surface area is 304 Å². The summed E-state index contributed by atoms with van der Waals surface area (Å²) in [7, 11) is 0. The number of hydrogen-bond acceptors (Lipinski definition) is 0. The lowest BCUT2D eigenvalue weighted by atomic mass is 9.90. The fraction of sp³-hybridized carbons (Fsp3) is 0.0800. The Balaban J connectivity index is 1.11. The number of nitrogens with zero attached hydrogens (tertiary/aromatic N) is 2. The van der Waals surface area contributed by atoms with Crippen molar-refractivity contribution in [3.05, 3.63) is 193 Å². The number of benzene rings is 7. The molecule has 0 amide bonds. The Hall–Kier alpha value is -6.38. The minimum Gasteiger partial charge on any atom is -0.313 e. The molecule has 0 N–H and O–H groups in total. The number of hydrogen-bond donors (Lipinski definition) is 0. The third-order valence-corrected chi connectivity index (χ3v) is 11.0. The lowest BCUT2D eigenvalue weighted by molar-refractivity contribution is 0.837. The second-order valence-corrected chi connectivity index (χ2v) is 14.4. The molecule has 9 aromatic rings. The van der Waals surface area contributed by atoms with E-state index in [0.717, 1.165) is 6.42 Å². The van der Waals surface area contributed by atoms with Crippen LogP contribution in [-0.2, 0) is 0 Å². The molecule has 0 saturated heterocycles. The summed E-state index contributed by atoms with van der Waals surface area (Å²) in [6, 6.07) is 58.3. The molecule has 52 heavy (non-hydrogen) atoms. The van der Waals surface area contributed by atoms with E-state index in [4.69, 9.17) is 0 Å². The van der Waals surface area contributed by atoms with Gasteiger partial charge in [0.15, 0.2) is 0 Å². The van der Waals surface area contributed by atoms with E-state index in [2.05, 4.69) is 199 Å². The third kappa shape index (κ3) is 5.02. The van der Waals surface area contributed by atoms with Crippen molar-refractivity contribution < 1.29 is 0 Å². The van der Waals surface area contributed by atoms with E-state index >= 15 is 0 Å². The standard InChI is InChI=1S/C50H38N2/c1-33-19-23-43-45-31-39(21-25-47(45)51(49(43)27-33)41-17-9-15-37(29-41)35-11-5-3-6-12-35)40-22-26-48-46(32-40)44-24-20-34(2)28-50(44)52(48)42-18-10-16-38(30-42)36-13-7-4-8-14-36/h3-29,31-32,38H,30H2,1-2H3. The van der Waals surface area contributed by atoms with Gasteiger partial charge in [-0.1, -0.05) is 121 Å². The van der Waals surface area contributed by atoms with E-state index in [1.54, 1.807) is 0 Å². The van der Waals surface area contributed by atoms with Gasteiger partial charge in [-0.15, -0.1) is 0 Å². The van der Waals surface area contributed by atoms with Crippen molar-refractivity contribution in [3.63, 3.8) is 0 Å². The molecule has 0 saturated carbocycles. The van der Waals surface area contributed by atoms with Crippen LogP contribution >= 0.6 is 0 Å². The average Bonchev–Trinajstić information content (AvgIpc) is 3.69. The van der Waals surface area contributed by atoms with Crippen molar-refractivity contribution in [2.45, 2.75) is 26.2 Å². The molecule has 1 aliphatic carbocycles. The maximum absolute atomic E-state index is 2.50. The van der Waals surface area contributed by atoms with Gasteiger partial charge < -0.3 is 9.13 Å². The number of aromatic nitrogens is 2. The molecule has 2 aromatic heterocycles. The molecule has 0 radical (unpaired) electrons. The zero-order chi connectivity index (χ0) is 34.8. The van der Waals surface area contributed by atoms with E-state index < -0.39 is 0 Å². The van der Waals surface area contributed by atoms with Crippen LogP contribution in [0.4, 0.5) is 0 Å². The molecule has 0 fully saturated rings. The quantitative estimate of drug-likeness (QED) is 0.173. The first kappa shape index (κ1) is 30.4. The Morgan fingerprint density at radius 3 is 1.69 bits per heavy atom. The van der Waals surface area contributed by atoms with E-state index in [1.165, 1.54) is 93.9 Å². The zero-order valence-electron chi connectivity index (χ0n) is 29.4. The van der Waals surface area contributed by atoms with Crippen LogP contribution < -0.4 is 0 Å². The minimum absolute atomic E-state index is 0.358. The van der Waals surface area contributed by atoms with E-state index in [0.29, 0.717) is 5.92 Å². The van der Waals surface area contributed by atoms with Crippen LogP contribution in [0.15, 0.2) is 176 Å². The van der Waals surface area contributed by atoms with E-state index in [1.807, 2.05) is 0 Å². The minimum atomic E-state index is 0.358.